The monoisotopic (exact) mass is 543 g/mol. The molecule has 0 bridgehead atoms. The van der Waals surface area contributed by atoms with Gasteiger partial charge in [-0.3, -0.25) is 4.99 Å². The van der Waals surface area contributed by atoms with E-state index in [0.717, 1.165) is 54.9 Å². The molecule has 1 aromatic heterocycles. The van der Waals surface area contributed by atoms with Crippen LogP contribution in [0.5, 0.6) is 5.75 Å². The van der Waals surface area contributed by atoms with E-state index in [-0.39, 0.29) is 30.0 Å². The maximum atomic E-state index is 5.95. The molecule has 0 amide bonds. The highest BCUT2D eigenvalue weighted by Gasteiger charge is 2.22. The molecular formula is C21H34IN7O2. The summed E-state index contributed by atoms with van der Waals surface area (Å²) in [6, 6.07) is 8.35. The van der Waals surface area contributed by atoms with E-state index in [2.05, 4.69) is 36.7 Å². The SMILES string of the molecule is CN=C(NCc1ccccc1OCCN(C)C)NC1CCc2nc(COC)nn2C1.I. The number of hydrogen-bond acceptors (Lipinski definition) is 6. The Morgan fingerprint density at radius 3 is 2.87 bits per heavy atom. The van der Waals surface area contributed by atoms with E-state index in [1.54, 1.807) is 14.2 Å². The van der Waals surface area contributed by atoms with E-state index in [4.69, 9.17) is 9.47 Å². The van der Waals surface area contributed by atoms with Crippen molar-refractivity contribution in [2.24, 2.45) is 4.99 Å². The van der Waals surface area contributed by atoms with E-state index in [0.29, 0.717) is 19.8 Å². The summed E-state index contributed by atoms with van der Waals surface area (Å²) in [5.74, 6) is 3.43. The van der Waals surface area contributed by atoms with Crippen LogP contribution in [0, 0.1) is 0 Å². The molecule has 172 valence electrons. The Balaban J connectivity index is 0.00000341. The second-order valence-corrected chi connectivity index (χ2v) is 7.62. The van der Waals surface area contributed by atoms with Gasteiger partial charge in [0.2, 0.25) is 0 Å². The lowest BCUT2D eigenvalue weighted by molar-refractivity contribution is 0.177. The van der Waals surface area contributed by atoms with Gasteiger partial charge in [-0.1, -0.05) is 18.2 Å². The minimum Gasteiger partial charge on any atom is -0.492 e. The van der Waals surface area contributed by atoms with Gasteiger partial charge in [-0.05, 0) is 26.6 Å². The number of halogens is 1. The highest BCUT2D eigenvalue weighted by Crippen LogP contribution is 2.18. The lowest BCUT2D eigenvalue weighted by Crippen LogP contribution is -2.46. The standard InChI is InChI=1S/C21H33N7O2.HI/c1-22-21(23-13-16-7-5-6-8-18(16)30-12-11-27(2)3)24-17-9-10-20-25-19(15-29-4)26-28(20)14-17;/h5-8,17H,9-15H2,1-4H3,(H2,22,23,24);1H. The van der Waals surface area contributed by atoms with Crippen LogP contribution in [0.2, 0.25) is 0 Å². The third-order valence-electron chi connectivity index (χ3n) is 4.95. The molecule has 9 nitrogen and oxygen atoms in total. The Bertz CT molecular complexity index is 841. The van der Waals surface area contributed by atoms with Crippen molar-refractivity contribution < 1.29 is 9.47 Å². The number of nitrogens with zero attached hydrogens (tertiary/aromatic N) is 5. The van der Waals surface area contributed by atoms with Crippen molar-refractivity contribution in [2.45, 2.75) is 38.6 Å². The quantitative estimate of drug-likeness (QED) is 0.283. The van der Waals surface area contributed by atoms with Crippen molar-refractivity contribution in [3.05, 3.63) is 41.5 Å². The van der Waals surface area contributed by atoms with Gasteiger partial charge >= 0.3 is 0 Å². The molecule has 1 unspecified atom stereocenters. The smallest absolute Gasteiger partial charge is 0.191 e. The van der Waals surface area contributed by atoms with E-state index in [9.17, 15) is 0 Å². The zero-order valence-electron chi connectivity index (χ0n) is 18.8. The number of aryl methyl sites for hydroxylation is 1. The molecule has 0 fully saturated rings. The Hall–Kier alpha value is -1.92. The average Bonchev–Trinajstić information content (AvgIpc) is 3.13. The molecule has 1 aromatic carbocycles. The first-order valence-corrected chi connectivity index (χ1v) is 10.3. The first-order valence-electron chi connectivity index (χ1n) is 10.3. The van der Waals surface area contributed by atoms with Crippen LogP contribution >= 0.6 is 24.0 Å². The van der Waals surface area contributed by atoms with Gasteiger partial charge in [0.1, 0.15) is 24.8 Å². The first-order chi connectivity index (χ1) is 14.6. The number of rotatable bonds is 9. The Morgan fingerprint density at radius 1 is 1.32 bits per heavy atom. The minimum absolute atomic E-state index is 0. The summed E-state index contributed by atoms with van der Waals surface area (Å²) in [4.78, 5) is 11.0. The Morgan fingerprint density at radius 2 is 2.13 bits per heavy atom. The molecule has 2 heterocycles. The zero-order chi connectivity index (χ0) is 21.3. The van der Waals surface area contributed by atoms with Crippen LogP contribution in [-0.4, -0.2) is 73.1 Å². The zero-order valence-corrected chi connectivity index (χ0v) is 21.1. The number of guanidine groups is 1. The molecule has 31 heavy (non-hydrogen) atoms. The topological polar surface area (TPSA) is 88.8 Å². The van der Waals surface area contributed by atoms with Gasteiger partial charge in [-0.2, -0.15) is 5.10 Å². The minimum atomic E-state index is 0. The number of aliphatic imine (C=N–C) groups is 1. The molecule has 10 heteroatoms. The number of likely N-dealkylation sites (N-methyl/N-ethyl adjacent to an activating group) is 1. The molecule has 1 aliphatic rings. The second-order valence-electron chi connectivity index (χ2n) is 7.62. The summed E-state index contributed by atoms with van der Waals surface area (Å²) in [6.07, 6.45) is 1.87. The molecule has 0 spiro atoms. The van der Waals surface area contributed by atoms with Gasteiger partial charge in [0.25, 0.3) is 0 Å². The van der Waals surface area contributed by atoms with Crippen molar-refractivity contribution >= 4 is 29.9 Å². The third-order valence-corrected chi connectivity index (χ3v) is 4.95. The molecule has 2 N–H and O–H groups in total. The van der Waals surface area contributed by atoms with Gasteiger partial charge in [-0.15, -0.1) is 24.0 Å². The van der Waals surface area contributed by atoms with Gasteiger partial charge in [0.05, 0.1) is 6.54 Å². The van der Waals surface area contributed by atoms with Crippen molar-refractivity contribution in [3.63, 3.8) is 0 Å². The van der Waals surface area contributed by atoms with Gasteiger partial charge < -0.3 is 25.0 Å². The van der Waals surface area contributed by atoms with E-state index in [1.165, 1.54) is 0 Å². The first kappa shape index (κ1) is 25.3. The lowest BCUT2D eigenvalue weighted by atomic mass is 10.1. The summed E-state index contributed by atoms with van der Waals surface area (Å²) in [5.41, 5.74) is 1.10. The summed E-state index contributed by atoms with van der Waals surface area (Å²) in [5, 5.41) is 11.4. The number of aromatic nitrogens is 3. The fourth-order valence-corrected chi connectivity index (χ4v) is 3.36. The number of fused-ring (bicyclic) bond motifs is 1. The number of benzene rings is 1. The van der Waals surface area contributed by atoms with Crippen molar-refractivity contribution in [2.75, 3.05) is 41.4 Å². The highest BCUT2D eigenvalue weighted by atomic mass is 127. The van der Waals surface area contributed by atoms with Crippen molar-refractivity contribution in [1.29, 1.82) is 0 Å². The fraction of sp³-hybridized carbons (Fsp3) is 0.571. The number of nitrogens with one attached hydrogen (secondary N) is 2. The summed E-state index contributed by atoms with van der Waals surface area (Å²) in [7, 11) is 7.53. The molecule has 1 atom stereocenters. The molecule has 2 aromatic rings. The average molecular weight is 543 g/mol. The molecular weight excluding hydrogens is 509 g/mol. The number of para-hydroxylation sites is 1. The summed E-state index contributed by atoms with van der Waals surface area (Å²) in [6.45, 7) is 3.37. The van der Waals surface area contributed by atoms with E-state index in [1.807, 2.05) is 37.0 Å². The third kappa shape index (κ3) is 7.62. The maximum Gasteiger partial charge on any atom is 0.191 e. The molecule has 0 aliphatic carbocycles. The predicted octanol–water partition coefficient (Wildman–Crippen LogP) is 1.66. The van der Waals surface area contributed by atoms with Crippen LogP contribution in [0.25, 0.3) is 0 Å². The lowest BCUT2D eigenvalue weighted by Gasteiger charge is -2.25. The molecule has 1 aliphatic heterocycles. The molecule has 3 rings (SSSR count). The van der Waals surface area contributed by atoms with Crippen LogP contribution in [0.4, 0.5) is 0 Å². The summed E-state index contributed by atoms with van der Waals surface area (Å²) >= 11 is 0. The Kier molecular flexibility index (Phi) is 10.5. The highest BCUT2D eigenvalue weighted by molar-refractivity contribution is 14.0. The fourth-order valence-electron chi connectivity index (χ4n) is 3.36. The van der Waals surface area contributed by atoms with Crippen LogP contribution in [-0.2, 0) is 30.9 Å². The van der Waals surface area contributed by atoms with E-state index >= 15 is 0 Å². The maximum absolute atomic E-state index is 5.95. The van der Waals surface area contributed by atoms with E-state index < -0.39 is 0 Å². The molecule has 0 saturated carbocycles. The second kappa shape index (κ2) is 12.8. The van der Waals surface area contributed by atoms with Gasteiger partial charge in [-0.25, -0.2) is 9.67 Å². The van der Waals surface area contributed by atoms with Gasteiger partial charge in [0, 0.05) is 45.3 Å². The van der Waals surface area contributed by atoms with Crippen molar-refractivity contribution in [1.82, 2.24) is 30.3 Å². The number of hydrogen-bond donors (Lipinski definition) is 2. The van der Waals surface area contributed by atoms with Crippen molar-refractivity contribution in [3.8, 4) is 5.75 Å². The van der Waals surface area contributed by atoms with Gasteiger partial charge in [0.15, 0.2) is 11.8 Å². The molecule has 0 radical (unpaired) electrons. The van der Waals surface area contributed by atoms with Crippen LogP contribution < -0.4 is 15.4 Å². The Labute approximate surface area is 201 Å². The number of ether oxygens (including phenoxy) is 2. The van der Waals surface area contributed by atoms with Crippen LogP contribution in [0.1, 0.15) is 23.6 Å². The number of methoxy groups -OCH3 is 1. The molecule has 0 saturated heterocycles. The normalized spacial score (nSPS) is 15.9. The summed E-state index contributed by atoms with van der Waals surface area (Å²) < 4.78 is 13.1. The largest absolute Gasteiger partial charge is 0.492 e. The van der Waals surface area contributed by atoms with Crippen LogP contribution in [0.3, 0.4) is 0 Å². The van der Waals surface area contributed by atoms with Crippen LogP contribution in [0.15, 0.2) is 29.3 Å². The predicted molar refractivity (Wildman–Crippen MR) is 132 cm³/mol.